The van der Waals surface area contributed by atoms with Crippen LogP contribution in [0.1, 0.15) is 18.3 Å². The number of hydrogen-bond donors (Lipinski definition) is 2. The zero-order valence-electron chi connectivity index (χ0n) is 20.1. The summed E-state index contributed by atoms with van der Waals surface area (Å²) < 4.78 is 28.0. The first-order chi connectivity index (χ1) is 16.5. The van der Waals surface area contributed by atoms with Gasteiger partial charge < -0.3 is 25.8 Å². The third-order valence-corrected chi connectivity index (χ3v) is 6.52. The number of nitrogens with one attached hydrogen (secondary N) is 1. The molecule has 35 heavy (non-hydrogen) atoms. The number of nitrogens with two attached hydrogens (primary N) is 1. The molecule has 5 rings (SSSR count). The fourth-order valence-electron chi connectivity index (χ4n) is 4.72. The Labute approximate surface area is 200 Å². The predicted octanol–water partition coefficient (Wildman–Crippen LogP) is 2.16. The van der Waals surface area contributed by atoms with Crippen molar-refractivity contribution >= 4 is 40.3 Å². The SMILES string of the molecule is Cc1nc(N2CC(F)(F)C2)ccc1NC(=O)N1CCN(c2nc(N)nc3c2c(C)nn3C)[C@@H](C)C1. The Morgan fingerprint density at radius 2 is 1.89 bits per heavy atom. The highest BCUT2D eigenvalue weighted by atomic mass is 19.3. The average molecular weight is 487 g/mol. The maximum Gasteiger partial charge on any atom is 0.322 e. The highest BCUT2D eigenvalue weighted by molar-refractivity contribution is 5.92. The first kappa shape index (κ1) is 23.0. The fraction of sp³-hybridized carbons (Fsp3) is 0.500. The zero-order valence-corrected chi connectivity index (χ0v) is 20.1. The summed E-state index contributed by atoms with van der Waals surface area (Å²) in [6.45, 7) is 6.53. The molecule has 2 aliphatic rings. The Hall–Kier alpha value is -3.77. The molecule has 3 aromatic rings. The lowest BCUT2D eigenvalue weighted by Crippen LogP contribution is -2.56. The van der Waals surface area contributed by atoms with Crippen LogP contribution in [0.15, 0.2) is 12.1 Å². The number of nitrogens with zero attached hydrogens (tertiary/aromatic N) is 8. The van der Waals surface area contributed by atoms with Crippen LogP contribution in [0.4, 0.5) is 36.8 Å². The van der Waals surface area contributed by atoms with Crippen molar-refractivity contribution < 1.29 is 13.6 Å². The number of aryl methyl sites for hydroxylation is 3. The van der Waals surface area contributed by atoms with Gasteiger partial charge in [0.05, 0.1) is 35.6 Å². The predicted molar refractivity (Wildman–Crippen MR) is 129 cm³/mol. The van der Waals surface area contributed by atoms with Crippen LogP contribution >= 0.6 is 0 Å². The maximum atomic E-state index is 13.2. The highest BCUT2D eigenvalue weighted by Crippen LogP contribution is 2.32. The maximum absolute atomic E-state index is 13.2. The molecular formula is C22H28F2N10O. The third kappa shape index (κ3) is 4.15. The largest absolute Gasteiger partial charge is 0.368 e. The summed E-state index contributed by atoms with van der Waals surface area (Å²) in [5.74, 6) is -1.29. The minimum absolute atomic E-state index is 0.0266. The second-order valence-electron chi connectivity index (χ2n) is 9.25. The Kier molecular flexibility index (Phi) is 5.37. The van der Waals surface area contributed by atoms with E-state index in [2.05, 4.69) is 30.3 Å². The number of anilines is 4. The smallest absolute Gasteiger partial charge is 0.322 e. The number of halogens is 2. The monoisotopic (exact) mass is 486 g/mol. The van der Waals surface area contributed by atoms with Crippen molar-refractivity contribution in [2.24, 2.45) is 7.05 Å². The lowest BCUT2D eigenvalue weighted by Gasteiger charge is -2.41. The molecule has 3 aromatic heterocycles. The lowest BCUT2D eigenvalue weighted by atomic mass is 10.1. The molecule has 13 heteroatoms. The second kappa shape index (κ2) is 8.17. The molecule has 2 aliphatic heterocycles. The summed E-state index contributed by atoms with van der Waals surface area (Å²) in [7, 11) is 1.82. The van der Waals surface area contributed by atoms with Crippen molar-refractivity contribution in [3.8, 4) is 0 Å². The Balaban J connectivity index is 1.27. The van der Waals surface area contributed by atoms with E-state index >= 15 is 0 Å². The topological polar surface area (TPSA) is 121 Å². The van der Waals surface area contributed by atoms with Crippen LogP contribution in [0, 0.1) is 13.8 Å². The standard InChI is InChI=1S/C22H28F2N10O/c1-12-9-32(7-8-34(12)19-17-14(3)30-31(4)18(17)28-20(25)29-19)21(35)27-15-5-6-16(26-13(15)2)33-10-22(23,24)11-33/h5-6,12H,7-11H2,1-4H3,(H,27,35)(H2,25,28,29)/t12-/m0/s1. The Morgan fingerprint density at radius 3 is 2.54 bits per heavy atom. The third-order valence-electron chi connectivity index (χ3n) is 6.52. The summed E-state index contributed by atoms with van der Waals surface area (Å²) in [6, 6.07) is 3.09. The van der Waals surface area contributed by atoms with Gasteiger partial charge in [0.25, 0.3) is 5.92 Å². The Bertz CT molecular complexity index is 1300. The molecule has 0 aliphatic carbocycles. The van der Waals surface area contributed by atoms with E-state index in [0.29, 0.717) is 42.5 Å². The van der Waals surface area contributed by atoms with Gasteiger partial charge >= 0.3 is 6.03 Å². The lowest BCUT2D eigenvalue weighted by molar-refractivity contribution is -0.0267. The number of urea groups is 1. The number of carbonyl (C=O) groups excluding carboxylic acids is 1. The summed E-state index contributed by atoms with van der Waals surface area (Å²) in [5.41, 5.74) is 8.59. The summed E-state index contributed by atoms with van der Waals surface area (Å²) in [5, 5.41) is 8.21. The van der Waals surface area contributed by atoms with Crippen LogP contribution in [0.25, 0.3) is 11.0 Å². The van der Waals surface area contributed by atoms with Crippen LogP contribution in [0.3, 0.4) is 0 Å². The number of aromatic nitrogens is 5. The zero-order chi connectivity index (χ0) is 25.1. The first-order valence-corrected chi connectivity index (χ1v) is 11.4. The van der Waals surface area contributed by atoms with Gasteiger partial charge in [0.1, 0.15) is 11.6 Å². The molecule has 0 unspecified atom stereocenters. The number of rotatable bonds is 3. The molecule has 2 amide bonds. The van der Waals surface area contributed by atoms with Gasteiger partial charge in [0.2, 0.25) is 5.95 Å². The molecule has 1 atom stereocenters. The average Bonchev–Trinajstić information content (AvgIpc) is 3.06. The van der Waals surface area contributed by atoms with E-state index in [1.54, 1.807) is 28.6 Å². The summed E-state index contributed by atoms with van der Waals surface area (Å²) in [4.78, 5) is 31.6. The molecule has 0 bridgehead atoms. The van der Waals surface area contributed by atoms with Crippen LogP contribution in [0.5, 0.6) is 0 Å². The van der Waals surface area contributed by atoms with Crippen LogP contribution < -0.4 is 20.9 Å². The van der Waals surface area contributed by atoms with E-state index in [9.17, 15) is 13.6 Å². The first-order valence-electron chi connectivity index (χ1n) is 11.4. The molecule has 0 saturated carbocycles. The Morgan fingerprint density at radius 1 is 1.14 bits per heavy atom. The van der Waals surface area contributed by atoms with Crippen molar-refractivity contribution in [3.05, 3.63) is 23.5 Å². The summed E-state index contributed by atoms with van der Waals surface area (Å²) >= 11 is 0. The number of amides is 2. The summed E-state index contributed by atoms with van der Waals surface area (Å²) in [6.07, 6.45) is 0. The van der Waals surface area contributed by atoms with Gasteiger partial charge in [-0.1, -0.05) is 0 Å². The molecule has 2 fully saturated rings. The minimum atomic E-state index is -2.67. The molecule has 5 heterocycles. The van der Waals surface area contributed by atoms with E-state index in [-0.39, 0.29) is 31.1 Å². The number of pyridine rings is 1. The van der Waals surface area contributed by atoms with Gasteiger partial charge in [-0.05, 0) is 32.9 Å². The fourth-order valence-corrected chi connectivity index (χ4v) is 4.72. The van der Waals surface area contributed by atoms with E-state index in [1.807, 2.05) is 20.9 Å². The molecule has 0 spiro atoms. The number of piperazine rings is 1. The van der Waals surface area contributed by atoms with Gasteiger partial charge in [0, 0.05) is 32.7 Å². The van der Waals surface area contributed by atoms with E-state index < -0.39 is 5.92 Å². The van der Waals surface area contributed by atoms with Crippen LogP contribution in [0.2, 0.25) is 0 Å². The van der Waals surface area contributed by atoms with Crippen molar-refractivity contribution in [1.82, 2.24) is 29.6 Å². The number of alkyl halides is 2. The second-order valence-corrected chi connectivity index (χ2v) is 9.25. The quantitative estimate of drug-likeness (QED) is 0.578. The van der Waals surface area contributed by atoms with Gasteiger partial charge in [-0.25, -0.2) is 23.2 Å². The number of fused-ring (bicyclic) bond motifs is 1. The van der Waals surface area contributed by atoms with Crippen molar-refractivity contribution in [2.75, 3.05) is 53.6 Å². The van der Waals surface area contributed by atoms with Crippen molar-refractivity contribution in [3.63, 3.8) is 0 Å². The number of nitrogen functional groups attached to an aromatic ring is 1. The van der Waals surface area contributed by atoms with E-state index in [0.717, 1.165) is 16.9 Å². The molecule has 0 aromatic carbocycles. The van der Waals surface area contributed by atoms with E-state index in [1.165, 1.54) is 4.90 Å². The van der Waals surface area contributed by atoms with Gasteiger partial charge in [-0.3, -0.25) is 0 Å². The van der Waals surface area contributed by atoms with E-state index in [4.69, 9.17) is 5.73 Å². The molecule has 2 saturated heterocycles. The minimum Gasteiger partial charge on any atom is -0.368 e. The normalized spacial score (nSPS) is 19.7. The molecule has 3 N–H and O–H groups in total. The molecule has 11 nitrogen and oxygen atoms in total. The molecule has 186 valence electrons. The number of carbonyl (C=O) groups is 1. The number of hydrogen-bond acceptors (Lipinski definition) is 8. The molecular weight excluding hydrogens is 458 g/mol. The van der Waals surface area contributed by atoms with Gasteiger partial charge in [-0.15, -0.1) is 0 Å². The molecule has 0 radical (unpaired) electrons. The highest BCUT2D eigenvalue weighted by Gasteiger charge is 2.44. The van der Waals surface area contributed by atoms with Gasteiger partial charge in [-0.2, -0.15) is 15.1 Å². The van der Waals surface area contributed by atoms with Crippen LogP contribution in [-0.2, 0) is 7.05 Å². The van der Waals surface area contributed by atoms with Crippen molar-refractivity contribution in [1.29, 1.82) is 0 Å². The van der Waals surface area contributed by atoms with Crippen LogP contribution in [-0.4, -0.2) is 80.4 Å². The van der Waals surface area contributed by atoms with Crippen molar-refractivity contribution in [2.45, 2.75) is 32.7 Å². The van der Waals surface area contributed by atoms with Gasteiger partial charge in [0.15, 0.2) is 5.65 Å².